The third-order valence-electron chi connectivity index (χ3n) is 5.11. The number of aromatic carboxylic acids is 1. The molecule has 6 heteroatoms. The molecular weight excluding hydrogens is 320 g/mol. The second kappa shape index (κ2) is 5.24. The number of pyridine rings is 1. The molecule has 0 radical (unpaired) electrons. The maximum absolute atomic E-state index is 12.5. The molecule has 2 heterocycles. The minimum absolute atomic E-state index is 0.397. The lowest BCUT2D eigenvalue weighted by atomic mass is 9.97. The molecule has 1 aromatic carbocycles. The van der Waals surface area contributed by atoms with Gasteiger partial charge in [0.1, 0.15) is 5.75 Å². The highest BCUT2D eigenvalue weighted by atomic mass is 16.4. The number of aromatic hydroxyl groups is 1. The summed E-state index contributed by atoms with van der Waals surface area (Å²) < 4.78 is 3.41. The van der Waals surface area contributed by atoms with E-state index in [0.717, 1.165) is 34.9 Å². The molecule has 0 fully saturated rings. The van der Waals surface area contributed by atoms with Gasteiger partial charge in [0.15, 0.2) is 5.56 Å². The summed E-state index contributed by atoms with van der Waals surface area (Å²) in [5.74, 6) is -1.80. The van der Waals surface area contributed by atoms with Crippen molar-refractivity contribution in [1.29, 1.82) is 0 Å². The van der Waals surface area contributed by atoms with Gasteiger partial charge in [0.05, 0.1) is 5.69 Å². The van der Waals surface area contributed by atoms with E-state index in [9.17, 15) is 19.8 Å². The summed E-state index contributed by atoms with van der Waals surface area (Å²) in [7, 11) is 3.55. The lowest BCUT2D eigenvalue weighted by molar-refractivity contribution is 0.0691. The fourth-order valence-electron chi connectivity index (χ4n) is 3.85. The van der Waals surface area contributed by atoms with Crippen LogP contribution < -0.4 is 5.56 Å². The normalized spacial score (nSPS) is 13.4. The third kappa shape index (κ3) is 2.10. The summed E-state index contributed by atoms with van der Waals surface area (Å²) in [5.41, 5.74) is 3.01. The average Bonchev–Trinajstić information content (AvgIpc) is 2.81. The molecule has 4 rings (SSSR count). The molecule has 0 amide bonds. The maximum Gasteiger partial charge on any atom is 0.345 e. The van der Waals surface area contributed by atoms with Gasteiger partial charge in [0.2, 0.25) is 0 Å². The number of aryl methyl sites for hydroxylation is 2. The van der Waals surface area contributed by atoms with E-state index in [1.54, 1.807) is 7.05 Å². The van der Waals surface area contributed by atoms with Gasteiger partial charge in [-0.05, 0) is 43.0 Å². The van der Waals surface area contributed by atoms with Crippen LogP contribution in [-0.4, -0.2) is 25.3 Å². The van der Waals surface area contributed by atoms with Crippen LogP contribution >= 0.6 is 0 Å². The van der Waals surface area contributed by atoms with Crippen LogP contribution in [0.4, 0.5) is 0 Å². The number of carboxylic acids is 1. The van der Waals surface area contributed by atoms with Gasteiger partial charge in [-0.3, -0.25) is 4.79 Å². The van der Waals surface area contributed by atoms with Crippen LogP contribution in [0, 0.1) is 0 Å². The van der Waals surface area contributed by atoms with Crippen LogP contribution in [0.1, 0.15) is 27.9 Å². The first-order valence-electron chi connectivity index (χ1n) is 8.16. The molecule has 3 aromatic rings. The predicted octanol–water partition coefficient (Wildman–Crippen LogP) is 2.44. The Bertz CT molecular complexity index is 1110. The number of hydrogen-bond donors (Lipinski definition) is 2. The van der Waals surface area contributed by atoms with Crippen LogP contribution in [0.3, 0.4) is 0 Å². The molecule has 0 atom stereocenters. The second-order valence-corrected chi connectivity index (χ2v) is 6.57. The number of carboxylic acid groups (broad SMARTS) is 1. The standard InChI is InChI=1S/C19H18N2O4/c1-20-7-6-11-8-13-10(9-14(11)20)4-3-5-12-16(13)21(2)18(23)15(17(12)22)19(24)25/h6-9,22H,3-5H2,1-2H3,(H,24,25). The van der Waals surface area contributed by atoms with Gasteiger partial charge in [0.25, 0.3) is 5.56 Å². The molecule has 0 aliphatic heterocycles. The number of rotatable bonds is 1. The van der Waals surface area contributed by atoms with E-state index in [1.165, 1.54) is 4.57 Å². The molecular formula is C19H18N2O4. The van der Waals surface area contributed by atoms with Crippen LogP contribution in [0.15, 0.2) is 29.2 Å². The minimum atomic E-state index is -1.40. The molecule has 0 spiro atoms. The second-order valence-electron chi connectivity index (χ2n) is 6.57. The fourth-order valence-corrected chi connectivity index (χ4v) is 3.85. The largest absolute Gasteiger partial charge is 0.506 e. The van der Waals surface area contributed by atoms with Gasteiger partial charge in [-0.1, -0.05) is 0 Å². The van der Waals surface area contributed by atoms with E-state index in [4.69, 9.17) is 0 Å². The Balaban J connectivity index is 2.13. The fraction of sp³-hybridized carbons (Fsp3) is 0.263. The van der Waals surface area contributed by atoms with E-state index in [1.807, 2.05) is 29.9 Å². The summed E-state index contributed by atoms with van der Waals surface area (Å²) in [6, 6.07) is 6.14. The Labute approximate surface area is 143 Å². The predicted molar refractivity (Wildman–Crippen MR) is 94.2 cm³/mol. The topological polar surface area (TPSA) is 84.5 Å². The van der Waals surface area contributed by atoms with Gasteiger partial charge >= 0.3 is 5.97 Å². The van der Waals surface area contributed by atoms with Crippen LogP contribution in [-0.2, 0) is 26.9 Å². The van der Waals surface area contributed by atoms with Crippen molar-refractivity contribution in [3.8, 4) is 17.0 Å². The number of carbonyl (C=O) groups is 1. The third-order valence-corrected chi connectivity index (χ3v) is 5.11. The molecule has 6 nitrogen and oxygen atoms in total. The van der Waals surface area contributed by atoms with Gasteiger partial charge in [-0.15, -0.1) is 0 Å². The van der Waals surface area contributed by atoms with Crippen molar-refractivity contribution in [2.24, 2.45) is 14.1 Å². The average molecular weight is 338 g/mol. The minimum Gasteiger partial charge on any atom is -0.506 e. The number of aromatic nitrogens is 2. The van der Waals surface area contributed by atoms with Gasteiger partial charge in [0, 0.05) is 42.3 Å². The van der Waals surface area contributed by atoms with Crippen LogP contribution in [0.25, 0.3) is 22.2 Å². The summed E-state index contributed by atoms with van der Waals surface area (Å²) in [6.07, 6.45) is 4.09. The monoisotopic (exact) mass is 338 g/mol. The van der Waals surface area contributed by atoms with Crippen molar-refractivity contribution in [3.05, 3.63) is 51.4 Å². The Morgan fingerprint density at radius 1 is 1.20 bits per heavy atom. The highest BCUT2D eigenvalue weighted by molar-refractivity contribution is 5.93. The first-order valence-corrected chi connectivity index (χ1v) is 8.16. The molecule has 0 unspecified atom stereocenters. The SMILES string of the molecule is Cn1c2c(c(O)c(C(=O)O)c1=O)CCCc1cc3c(ccn3C)cc1-2. The highest BCUT2D eigenvalue weighted by Gasteiger charge is 2.27. The zero-order valence-corrected chi connectivity index (χ0v) is 14.0. The van der Waals surface area contributed by atoms with E-state index < -0.39 is 22.8 Å². The number of nitrogens with zero attached hydrogens (tertiary/aromatic N) is 2. The lowest BCUT2D eigenvalue weighted by Gasteiger charge is -2.17. The van der Waals surface area contributed by atoms with Crippen molar-refractivity contribution in [2.45, 2.75) is 19.3 Å². The Kier molecular flexibility index (Phi) is 3.25. The molecule has 2 aromatic heterocycles. The summed E-state index contributed by atoms with van der Waals surface area (Å²) in [5, 5.41) is 20.8. The van der Waals surface area contributed by atoms with E-state index in [2.05, 4.69) is 6.07 Å². The molecule has 1 aliphatic carbocycles. The van der Waals surface area contributed by atoms with Gasteiger partial charge in [-0.2, -0.15) is 0 Å². The Morgan fingerprint density at radius 3 is 2.68 bits per heavy atom. The zero-order chi connectivity index (χ0) is 17.9. The van der Waals surface area contributed by atoms with E-state index in [0.29, 0.717) is 17.7 Å². The Hall–Kier alpha value is -3.02. The van der Waals surface area contributed by atoms with Crippen molar-refractivity contribution in [2.75, 3.05) is 0 Å². The van der Waals surface area contributed by atoms with Crippen molar-refractivity contribution in [3.63, 3.8) is 0 Å². The van der Waals surface area contributed by atoms with Crippen molar-refractivity contribution in [1.82, 2.24) is 9.13 Å². The van der Waals surface area contributed by atoms with Crippen molar-refractivity contribution < 1.29 is 15.0 Å². The van der Waals surface area contributed by atoms with Gasteiger partial charge in [-0.25, -0.2) is 4.79 Å². The molecule has 128 valence electrons. The molecule has 1 aliphatic rings. The number of hydrogen-bond acceptors (Lipinski definition) is 3. The lowest BCUT2D eigenvalue weighted by Crippen LogP contribution is -2.27. The van der Waals surface area contributed by atoms with E-state index in [-0.39, 0.29) is 0 Å². The van der Waals surface area contributed by atoms with Crippen LogP contribution in [0.5, 0.6) is 5.75 Å². The first-order chi connectivity index (χ1) is 11.9. The molecule has 2 N–H and O–H groups in total. The maximum atomic E-state index is 12.5. The number of fused-ring (bicyclic) bond motifs is 4. The smallest absolute Gasteiger partial charge is 0.345 e. The summed E-state index contributed by atoms with van der Waals surface area (Å²) >= 11 is 0. The van der Waals surface area contributed by atoms with Crippen LogP contribution in [0.2, 0.25) is 0 Å². The Morgan fingerprint density at radius 2 is 1.96 bits per heavy atom. The highest BCUT2D eigenvalue weighted by Crippen LogP contribution is 2.38. The summed E-state index contributed by atoms with van der Waals surface area (Å²) in [6.45, 7) is 0. The number of benzene rings is 1. The zero-order valence-electron chi connectivity index (χ0n) is 14.0. The molecule has 0 saturated heterocycles. The van der Waals surface area contributed by atoms with Gasteiger partial charge < -0.3 is 19.3 Å². The quantitative estimate of drug-likeness (QED) is 0.714. The molecule has 0 saturated carbocycles. The van der Waals surface area contributed by atoms with E-state index >= 15 is 0 Å². The van der Waals surface area contributed by atoms with Crippen molar-refractivity contribution >= 4 is 16.9 Å². The molecule has 25 heavy (non-hydrogen) atoms. The first kappa shape index (κ1) is 15.5. The summed E-state index contributed by atoms with van der Waals surface area (Å²) in [4.78, 5) is 23.9. The molecule has 0 bridgehead atoms.